The van der Waals surface area contributed by atoms with E-state index < -0.39 is 16.6 Å². The molecule has 2 bridgehead atoms. The molecule has 4 heteroatoms. The molecule has 0 unspecified atom stereocenters. The van der Waals surface area contributed by atoms with Crippen LogP contribution in [0.15, 0.2) is 12.2 Å². The lowest BCUT2D eigenvalue weighted by atomic mass is 9.49. The second-order valence-electron chi connectivity index (χ2n) is 6.57. The van der Waals surface area contributed by atoms with Crippen molar-refractivity contribution in [2.24, 2.45) is 28.6 Å². The number of aldehydes is 1. The smallest absolute Gasteiger partial charge is 0.185 e. The Labute approximate surface area is 113 Å². The lowest BCUT2D eigenvalue weighted by Gasteiger charge is -2.53. The van der Waals surface area contributed by atoms with Gasteiger partial charge < -0.3 is 19.7 Å². The highest BCUT2D eigenvalue weighted by atomic mass is 16.6. The van der Waals surface area contributed by atoms with Crippen molar-refractivity contribution in [2.75, 3.05) is 13.7 Å². The average molecular weight is 266 g/mol. The quantitative estimate of drug-likeness (QED) is 0.456. The highest BCUT2D eigenvalue weighted by Gasteiger charge is 2.82. The molecular weight excluding hydrogens is 244 g/mol. The van der Waals surface area contributed by atoms with Gasteiger partial charge in [0.15, 0.2) is 5.79 Å². The van der Waals surface area contributed by atoms with Crippen molar-refractivity contribution in [1.29, 1.82) is 0 Å². The van der Waals surface area contributed by atoms with Crippen molar-refractivity contribution < 1.29 is 19.7 Å². The van der Waals surface area contributed by atoms with Crippen molar-refractivity contribution in [3.05, 3.63) is 12.2 Å². The Hall–Kier alpha value is -0.710. The van der Waals surface area contributed by atoms with Crippen LogP contribution in [0.3, 0.4) is 0 Å². The first-order valence-corrected chi connectivity index (χ1v) is 6.98. The summed E-state index contributed by atoms with van der Waals surface area (Å²) in [7, 11) is 1.45. The largest absolute Gasteiger partial charge is 0.396 e. The molecule has 3 aliphatic rings. The molecule has 19 heavy (non-hydrogen) atoms. The second kappa shape index (κ2) is 3.68. The van der Waals surface area contributed by atoms with Crippen LogP contribution >= 0.6 is 0 Å². The zero-order valence-electron chi connectivity index (χ0n) is 11.6. The van der Waals surface area contributed by atoms with Gasteiger partial charge in [-0.15, -0.1) is 0 Å². The Balaban J connectivity index is 2.29. The van der Waals surface area contributed by atoms with Crippen LogP contribution in [0.5, 0.6) is 0 Å². The zero-order chi connectivity index (χ0) is 14.1. The summed E-state index contributed by atoms with van der Waals surface area (Å²) >= 11 is 0. The molecular formula is C15H22O4. The van der Waals surface area contributed by atoms with Crippen molar-refractivity contribution in [2.45, 2.75) is 32.0 Å². The number of hydrogen-bond acceptors (Lipinski definition) is 4. The Bertz CT molecular complexity index is 447. The molecule has 0 aromatic rings. The predicted octanol–water partition coefficient (Wildman–Crippen LogP) is 1.12. The molecule has 0 amide bonds. The van der Waals surface area contributed by atoms with E-state index in [4.69, 9.17) is 4.74 Å². The molecule has 3 aliphatic carbocycles. The number of aliphatic hydroxyl groups excluding tert-OH is 1. The number of aliphatic hydroxyl groups is 2. The molecule has 6 atom stereocenters. The minimum Gasteiger partial charge on any atom is -0.396 e. The van der Waals surface area contributed by atoms with Crippen LogP contribution in [0.25, 0.3) is 0 Å². The van der Waals surface area contributed by atoms with Gasteiger partial charge in [0, 0.05) is 25.0 Å². The van der Waals surface area contributed by atoms with Crippen molar-refractivity contribution in [3.8, 4) is 0 Å². The summed E-state index contributed by atoms with van der Waals surface area (Å²) in [5.41, 5.74) is -0.500. The number of methoxy groups -OCH3 is 1. The van der Waals surface area contributed by atoms with Gasteiger partial charge in [0.05, 0.1) is 5.41 Å². The average Bonchev–Trinajstić information content (AvgIpc) is 2.72. The van der Waals surface area contributed by atoms with E-state index in [1.165, 1.54) is 7.11 Å². The van der Waals surface area contributed by atoms with Crippen molar-refractivity contribution in [1.82, 2.24) is 0 Å². The van der Waals surface area contributed by atoms with Gasteiger partial charge in [-0.1, -0.05) is 25.5 Å². The third-order valence-corrected chi connectivity index (χ3v) is 6.44. The van der Waals surface area contributed by atoms with E-state index in [0.29, 0.717) is 0 Å². The highest BCUT2D eigenvalue weighted by molar-refractivity contribution is 5.70. The van der Waals surface area contributed by atoms with Gasteiger partial charge in [-0.2, -0.15) is 0 Å². The summed E-state index contributed by atoms with van der Waals surface area (Å²) in [6, 6.07) is 0. The zero-order valence-corrected chi connectivity index (χ0v) is 11.6. The summed E-state index contributed by atoms with van der Waals surface area (Å²) in [5.74, 6) is -2.01. The molecule has 0 aliphatic heterocycles. The van der Waals surface area contributed by atoms with Crippen LogP contribution in [-0.4, -0.2) is 36.0 Å². The van der Waals surface area contributed by atoms with Crippen LogP contribution in [0, 0.1) is 28.6 Å². The Morgan fingerprint density at radius 2 is 2.26 bits per heavy atom. The number of ether oxygens (including phenoxy) is 1. The van der Waals surface area contributed by atoms with Crippen molar-refractivity contribution >= 4 is 6.29 Å². The summed E-state index contributed by atoms with van der Waals surface area (Å²) < 4.78 is 5.44. The van der Waals surface area contributed by atoms with E-state index in [2.05, 4.69) is 6.58 Å². The minimum absolute atomic E-state index is 0.0193. The van der Waals surface area contributed by atoms with Crippen LogP contribution in [0.1, 0.15) is 26.2 Å². The third kappa shape index (κ3) is 1.04. The number of fused-ring (bicyclic) bond motifs is 1. The number of carbonyl (C=O) groups is 1. The third-order valence-electron chi connectivity index (χ3n) is 6.44. The summed E-state index contributed by atoms with van der Waals surface area (Å²) in [6.45, 7) is 6.14. The fraction of sp³-hybridized carbons (Fsp3) is 0.800. The summed E-state index contributed by atoms with van der Waals surface area (Å²) in [6.07, 6.45) is 3.59. The lowest BCUT2D eigenvalue weighted by molar-refractivity contribution is -0.260. The number of hydrogen-bond donors (Lipinski definition) is 2. The number of carbonyl (C=O) groups excluding carboxylic acids is 1. The Morgan fingerprint density at radius 3 is 2.79 bits per heavy atom. The van der Waals surface area contributed by atoms with Crippen molar-refractivity contribution in [3.63, 3.8) is 0 Å². The molecule has 3 rings (SSSR count). The maximum atomic E-state index is 12.0. The summed E-state index contributed by atoms with van der Waals surface area (Å²) in [5, 5.41) is 20.8. The van der Waals surface area contributed by atoms with E-state index in [9.17, 15) is 15.0 Å². The second-order valence-corrected chi connectivity index (χ2v) is 6.57. The van der Waals surface area contributed by atoms with Gasteiger partial charge in [-0.25, -0.2) is 0 Å². The van der Waals surface area contributed by atoms with Gasteiger partial charge >= 0.3 is 0 Å². The van der Waals surface area contributed by atoms with Gasteiger partial charge in [-0.05, 0) is 24.7 Å². The maximum Gasteiger partial charge on any atom is 0.185 e. The first-order chi connectivity index (χ1) is 8.94. The van der Waals surface area contributed by atoms with Gasteiger partial charge in [0.2, 0.25) is 0 Å². The molecule has 3 fully saturated rings. The predicted molar refractivity (Wildman–Crippen MR) is 69.1 cm³/mol. The normalized spacial score (nSPS) is 55.6. The standard InChI is InChI=1S/C15H22O4/c1-9-12-10(7-16)11-5-4-6-13(9,2)14(11,8-17)15(12,18)19-3/h8,10-12,16,18H,1,4-7H2,2-3H3/t10-,11+,12-,13-,14-,15+/m0/s1. The van der Waals surface area contributed by atoms with E-state index in [1.807, 2.05) is 6.92 Å². The molecule has 0 radical (unpaired) electrons. The maximum absolute atomic E-state index is 12.0. The highest BCUT2D eigenvalue weighted by Crippen LogP contribution is 2.78. The van der Waals surface area contributed by atoms with Crippen LogP contribution in [0.2, 0.25) is 0 Å². The fourth-order valence-electron chi connectivity index (χ4n) is 5.61. The molecule has 3 saturated carbocycles. The molecule has 0 aromatic carbocycles. The molecule has 4 nitrogen and oxygen atoms in total. The van der Waals surface area contributed by atoms with E-state index in [-0.39, 0.29) is 24.4 Å². The van der Waals surface area contributed by atoms with Gasteiger partial charge in [0.25, 0.3) is 0 Å². The van der Waals surface area contributed by atoms with Gasteiger partial charge in [0.1, 0.15) is 6.29 Å². The molecule has 0 spiro atoms. The van der Waals surface area contributed by atoms with Crippen LogP contribution < -0.4 is 0 Å². The Morgan fingerprint density at radius 1 is 1.58 bits per heavy atom. The lowest BCUT2D eigenvalue weighted by Crippen LogP contribution is -2.57. The van der Waals surface area contributed by atoms with Crippen LogP contribution in [0.4, 0.5) is 0 Å². The van der Waals surface area contributed by atoms with E-state index in [0.717, 1.165) is 31.1 Å². The Kier molecular flexibility index (Phi) is 2.58. The monoisotopic (exact) mass is 266 g/mol. The van der Waals surface area contributed by atoms with Crippen LogP contribution in [-0.2, 0) is 9.53 Å². The molecule has 106 valence electrons. The number of rotatable bonds is 3. The first kappa shape index (κ1) is 13.3. The van der Waals surface area contributed by atoms with Gasteiger partial charge in [-0.3, -0.25) is 0 Å². The topological polar surface area (TPSA) is 66.8 Å². The first-order valence-electron chi connectivity index (χ1n) is 6.98. The fourth-order valence-corrected chi connectivity index (χ4v) is 5.61. The van der Waals surface area contributed by atoms with E-state index >= 15 is 0 Å². The molecule has 0 saturated heterocycles. The van der Waals surface area contributed by atoms with E-state index in [1.54, 1.807) is 0 Å². The molecule has 0 aromatic heterocycles. The molecule has 0 heterocycles. The molecule has 2 N–H and O–H groups in total. The SMILES string of the molecule is C=C1[C@H]2[C@@H](CO)[C@H]3CCC[C@]1(C)[C@@]3(C=O)[C@]2(O)OC. The minimum atomic E-state index is -1.51. The summed E-state index contributed by atoms with van der Waals surface area (Å²) in [4.78, 5) is 12.0.